The normalized spacial score (nSPS) is 9.90. The second kappa shape index (κ2) is 2.59. The van der Waals surface area contributed by atoms with Gasteiger partial charge in [0.1, 0.15) is 0 Å². The predicted octanol–water partition coefficient (Wildman–Crippen LogP) is 3.17. The molecule has 0 spiro atoms. The molecule has 1 heteroatoms. The summed E-state index contributed by atoms with van der Waals surface area (Å²) in [5.74, 6) is 0. The van der Waals surface area contributed by atoms with Crippen LogP contribution >= 0.6 is 12.6 Å². The Morgan fingerprint density at radius 3 is 2.20 bits per heavy atom. The molecule has 0 N–H and O–H groups in total. The molecule has 0 bridgehead atoms. The summed E-state index contributed by atoms with van der Waals surface area (Å²) in [6, 6.07) is 4.20. The summed E-state index contributed by atoms with van der Waals surface area (Å²) in [5.41, 5.74) is 3.79. The molecular weight excluding hydrogens is 140 g/mol. The molecule has 0 nitrogen and oxygen atoms in total. The van der Waals surface area contributed by atoms with Crippen molar-refractivity contribution in [2.75, 3.05) is 0 Å². The van der Waals surface area contributed by atoms with Gasteiger partial charge in [0.25, 0.3) is 0 Å². The molecule has 0 fully saturated rings. The molecule has 1 aromatic rings. The summed E-state index contributed by atoms with van der Waals surface area (Å²) in [6.07, 6.45) is 0. The highest BCUT2D eigenvalue weighted by atomic mass is 32.1. The van der Waals surface area contributed by atoms with Gasteiger partial charge in [0, 0.05) is 4.90 Å². The van der Waals surface area contributed by atoms with E-state index in [9.17, 15) is 0 Å². The second-order valence-electron chi connectivity index (χ2n) is 2.70. The Morgan fingerprint density at radius 1 is 1.10 bits per heavy atom. The standard InChI is InChI=1S/C9H11S/c1-6-4-7(2)8(3)9(10)5-6/h4-5H,1-3H3. The van der Waals surface area contributed by atoms with Crippen molar-refractivity contribution in [3.63, 3.8) is 0 Å². The molecule has 0 amide bonds. The quantitative estimate of drug-likeness (QED) is 0.534. The minimum absolute atomic E-state index is 0.984. The maximum absolute atomic E-state index is 5.13. The fourth-order valence-corrected chi connectivity index (χ4v) is 1.35. The van der Waals surface area contributed by atoms with Gasteiger partial charge in [-0.2, -0.15) is 0 Å². The third-order valence-electron chi connectivity index (χ3n) is 1.76. The van der Waals surface area contributed by atoms with Gasteiger partial charge in [-0.25, -0.2) is 0 Å². The zero-order valence-electron chi connectivity index (χ0n) is 6.56. The molecule has 0 saturated carbocycles. The van der Waals surface area contributed by atoms with Gasteiger partial charge in [0.15, 0.2) is 0 Å². The highest BCUT2D eigenvalue weighted by Crippen LogP contribution is 2.18. The summed E-state index contributed by atoms with van der Waals surface area (Å²) < 4.78 is 0. The first-order chi connectivity index (χ1) is 4.61. The maximum Gasteiger partial charge on any atom is 0.0411 e. The van der Waals surface area contributed by atoms with Crippen LogP contribution < -0.4 is 0 Å². The largest absolute Gasteiger partial charge is 0.0798 e. The summed E-state index contributed by atoms with van der Waals surface area (Å²) >= 11 is 5.13. The molecule has 0 aliphatic carbocycles. The van der Waals surface area contributed by atoms with Crippen LogP contribution in [0.2, 0.25) is 0 Å². The number of aryl methyl sites for hydroxylation is 2. The van der Waals surface area contributed by atoms with Crippen molar-refractivity contribution < 1.29 is 0 Å². The van der Waals surface area contributed by atoms with Crippen LogP contribution in [0.5, 0.6) is 0 Å². The summed E-state index contributed by atoms with van der Waals surface area (Å²) in [4.78, 5) is 0.984. The lowest BCUT2D eigenvalue weighted by molar-refractivity contribution is 1.20. The first kappa shape index (κ1) is 7.55. The Morgan fingerprint density at radius 2 is 1.70 bits per heavy atom. The molecule has 0 aromatic heterocycles. The third kappa shape index (κ3) is 1.29. The van der Waals surface area contributed by atoms with E-state index in [4.69, 9.17) is 12.6 Å². The minimum Gasteiger partial charge on any atom is -0.0798 e. The van der Waals surface area contributed by atoms with Crippen molar-refractivity contribution in [2.45, 2.75) is 25.7 Å². The Balaban J connectivity index is 3.31. The van der Waals surface area contributed by atoms with Gasteiger partial charge in [0.2, 0.25) is 0 Å². The number of benzene rings is 1. The molecule has 1 radical (unpaired) electrons. The lowest BCUT2D eigenvalue weighted by atomic mass is 10.1. The van der Waals surface area contributed by atoms with Gasteiger partial charge in [-0.15, -0.1) is 0 Å². The van der Waals surface area contributed by atoms with Gasteiger partial charge in [0.05, 0.1) is 0 Å². The Bertz CT molecular complexity index is 228. The number of hydrogen-bond acceptors (Lipinski definition) is 0. The fraction of sp³-hybridized carbons (Fsp3) is 0.333. The van der Waals surface area contributed by atoms with E-state index in [2.05, 4.69) is 26.8 Å². The van der Waals surface area contributed by atoms with E-state index in [0.717, 1.165) is 4.90 Å². The van der Waals surface area contributed by atoms with Crippen molar-refractivity contribution in [3.05, 3.63) is 28.8 Å². The molecule has 1 rings (SSSR count). The van der Waals surface area contributed by atoms with E-state index in [1.54, 1.807) is 0 Å². The van der Waals surface area contributed by atoms with Crippen molar-refractivity contribution >= 4 is 12.6 Å². The van der Waals surface area contributed by atoms with Crippen molar-refractivity contribution in [1.82, 2.24) is 0 Å². The zero-order chi connectivity index (χ0) is 7.72. The lowest BCUT2D eigenvalue weighted by Crippen LogP contribution is -1.84. The van der Waals surface area contributed by atoms with Gasteiger partial charge >= 0.3 is 0 Å². The van der Waals surface area contributed by atoms with E-state index < -0.39 is 0 Å². The Kier molecular flexibility index (Phi) is 1.95. The predicted molar refractivity (Wildman–Crippen MR) is 46.5 cm³/mol. The molecule has 10 heavy (non-hydrogen) atoms. The van der Waals surface area contributed by atoms with Gasteiger partial charge in [-0.1, -0.05) is 18.7 Å². The van der Waals surface area contributed by atoms with E-state index >= 15 is 0 Å². The van der Waals surface area contributed by atoms with Gasteiger partial charge in [-0.05, 0) is 43.5 Å². The third-order valence-corrected chi connectivity index (χ3v) is 2.19. The topological polar surface area (TPSA) is 0 Å². The molecule has 0 heterocycles. The maximum atomic E-state index is 5.13. The first-order valence-corrected chi connectivity index (χ1v) is 3.77. The monoisotopic (exact) mass is 151 g/mol. The number of hydrogen-bond donors (Lipinski definition) is 0. The molecule has 0 saturated heterocycles. The van der Waals surface area contributed by atoms with Gasteiger partial charge < -0.3 is 0 Å². The number of rotatable bonds is 0. The molecule has 0 aliphatic heterocycles. The summed E-state index contributed by atoms with van der Waals surface area (Å²) in [5, 5.41) is 0. The lowest BCUT2D eigenvalue weighted by Gasteiger charge is -2.03. The molecule has 53 valence electrons. The van der Waals surface area contributed by atoms with Crippen LogP contribution in [-0.4, -0.2) is 0 Å². The Labute approximate surface area is 67.7 Å². The van der Waals surface area contributed by atoms with Crippen molar-refractivity contribution in [2.24, 2.45) is 0 Å². The van der Waals surface area contributed by atoms with E-state index in [1.165, 1.54) is 16.7 Å². The molecule has 0 aliphatic rings. The zero-order valence-corrected chi connectivity index (χ0v) is 7.38. The molecule has 0 unspecified atom stereocenters. The second-order valence-corrected chi connectivity index (χ2v) is 3.14. The smallest absolute Gasteiger partial charge is 0.0411 e. The summed E-state index contributed by atoms with van der Waals surface area (Å²) in [6.45, 7) is 6.23. The molecular formula is C9H11S. The van der Waals surface area contributed by atoms with Crippen LogP contribution in [-0.2, 0) is 0 Å². The average Bonchev–Trinajstić information content (AvgIpc) is 1.82. The van der Waals surface area contributed by atoms with Crippen molar-refractivity contribution in [3.8, 4) is 0 Å². The van der Waals surface area contributed by atoms with E-state index in [-0.39, 0.29) is 0 Å². The van der Waals surface area contributed by atoms with Crippen LogP contribution in [0.1, 0.15) is 16.7 Å². The molecule has 1 aromatic carbocycles. The SMILES string of the molecule is Cc1cc(C)c(C)c([S])c1. The van der Waals surface area contributed by atoms with Gasteiger partial charge in [-0.3, -0.25) is 0 Å². The van der Waals surface area contributed by atoms with Crippen LogP contribution in [0.25, 0.3) is 0 Å². The highest BCUT2D eigenvalue weighted by Gasteiger charge is 1.97. The first-order valence-electron chi connectivity index (χ1n) is 3.36. The fourth-order valence-electron chi connectivity index (χ4n) is 1.00. The van der Waals surface area contributed by atoms with Crippen LogP contribution in [0, 0.1) is 20.8 Å². The van der Waals surface area contributed by atoms with Crippen molar-refractivity contribution in [1.29, 1.82) is 0 Å². The van der Waals surface area contributed by atoms with Crippen LogP contribution in [0.15, 0.2) is 17.0 Å². The molecule has 0 atom stereocenters. The van der Waals surface area contributed by atoms with Crippen LogP contribution in [0.3, 0.4) is 0 Å². The van der Waals surface area contributed by atoms with E-state index in [1.807, 2.05) is 6.07 Å². The van der Waals surface area contributed by atoms with E-state index in [0.29, 0.717) is 0 Å². The average molecular weight is 151 g/mol. The Hall–Kier alpha value is -0.560. The summed E-state index contributed by atoms with van der Waals surface area (Å²) in [7, 11) is 0. The highest BCUT2D eigenvalue weighted by molar-refractivity contribution is 7.80. The minimum atomic E-state index is 0.984. The van der Waals surface area contributed by atoms with Crippen LogP contribution in [0.4, 0.5) is 0 Å².